The number of benzene rings is 1. The van der Waals surface area contributed by atoms with Gasteiger partial charge in [0.05, 0.1) is 10.8 Å². The first-order chi connectivity index (χ1) is 8.66. The number of nitrogens with zero attached hydrogens (tertiary/aromatic N) is 3. The number of hydrogen-bond donors (Lipinski definition) is 0. The normalized spacial score (nSPS) is 12.6. The van der Waals surface area contributed by atoms with Gasteiger partial charge in [0, 0.05) is 23.4 Å². The number of hydrogen-bond acceptors (Lipinski definition) is 4. The lowest BCUT2D eigenvalue weighted by Gasteiger charge is -2.04. The van der Waals surface area contributed by atoms with Crippen LogP contribution in [0.3, 0.4) is 0 Å². The van der Waals surface area contributed by atoms with Gasteiger partial charge in [-0.05, 0) is 24.3 Å². The third kappa shape index (κ3) is 3.39. The van der Waals surface area contributed by atoms with Crippen molar-refractivity contribution in [2.75, 3.05) is 12.0 Å². The quantitative estimate of drug-likeness (QED) is 0.788. The van der Waals surface area contributed by atoms with E-state index >= 15 is 0 Å². The minimum atomic E-state index is -1.13. The van der Waals surface area contributed by atoms with Gasteiger partial charge in [-0.3, -0.25) is 4.21 Å². The van der Waals surface area contributed by atoms with E-state index in [0.717, 1.165) is 10.6 Å². The van der Waals surface area contributed by atoms with E-state index in [-0.39, 0.29) is 5.82 Å². The average Bonchev–Trinajstić information content (AvgIpc) is 2.80. The van der Waals surface area contributed by atoms with Crippen molar-refractivity contribution in [1.29, 1.82) is 0 Å². The van der Waals surface area contributed by atoms with Crippen molar-refractivity contribution in [3.63, 3.8) is 0 Å². The predicted octanol–water partition coefficient (Wildman–Crippen LogP) is 1.95. The smallest absolute Gasteiger partial charge is 0.221 e. The van der Waals surface area contributed by atoms with Crippen LogP contribution >= 0.6 is 11.8 Å². The Morgan fingerprint density at radius 2 is 2.11 bits per heavy atom. The van der Waals surface area contributed by atoms with Gasteiger partial charge in [-0.2, -0.15) is 0 Å². The van der Waals surface area contributed by atoms with Gasteiger partial charge in [0.1, 0.15) is 12.1 Å². The van der Waals surface area contributed by atoms with Crippen LogP contribution in [-0.4, -0.2) is 31.0 Å². The van der Waals surface area contributed by atoms with Crippen molar-refractivity contribution in [1.82, 2.24) is 14.8 Å². The van der Waals surface area contributed by atoms with Crippen molar-refractivity contribution in [2.45, 2.75) is 16.6 Å². The Kier molecular flexibility index (Phi) is 4.48. The summed E-state index contributed by atoms with van der Waals surface area (Å²) in [6.45, 7) is 0.671. The Hall–Kier alpha value is -1.21. The zero-order valence-corrected chi connectivity index (χ0v) is 11.4. The van der Waals surface area contributed by atoms with E-state index < -0.39 is 10.8 Å². The van der Waals surface area contributed by atoms with Crippen molar-refractivity contribution in [2.24, 2.45) is 0 Å². The summed E-state index contributed by atoms with van der Waals surface area (Å²) in [7, 11) is -1.13. The van der Waals surface area contributed by atoms with Gasteiger partial charge < -0.3 is 4.57 Å². The molecule has 18 heavy (non-hydrogen) atoms. The third-order valence-electron chi connectivity index (χ3n) is 2.25. The molecule has 0 fully saturated rings. The zero-order valence-electron chi connectivity index (χ0n) is 9.75. The molecule has 0 amide bonds. The molecule has 1 heterocycles. The van der Waals surface area contributed by atoms with Crippen LogP contribution in [0.15, 0.2) is 40.6 Å². The minimum Gasteiger partial charge on any atom is -0.306 e. The summed E-state index contributed by atoms with van der Waals surface area (Å²) in [4.78, 5) is 1.00. The summed E-state index contributed by atoms with van der Waals surface area (Å²) in [5, 5.41) is 8.03. The lowest BCUT2D eigenvalue weighted by molar-refractivity contribution is 0.626. The summed E-state index contributed by atoms with van der Waals surface area (Å²) in [6, 6.07) is 6.36. The summed E-state index contributed by atoms with van der Waals surface area (Å²) in [5.41, 5.74) is 0. The molecule has 4 nitrogen and oxygen atoms in total. The number of aryl methyl sites for hydroxylation is 1. The molecule has 1 atom stereocenters. The Balaban J connectivity index is 1.90. The largest absolute Gasteiger partial charge is 0.306 e. The van der Waals surface area contributed by atoms with E-state index in [4.69, 9.17) is 0 Å². The van der Waals surface area contributed by atoms with E-state index in [1.807, 2.05) is 0 Å². The van der Waals surface area contributed by atoms with Crippen LogP contribution in [0.5, 0.6) is 0 Å². The molecule has 2 rings (SSSR count). The molecule has 2 aromatic rings. The Bertz CT molecular complexity index is 541. The Labute approximate surface area is 111 Å². The Morgan fingerprint density at radius 1 is 1.39 bits per heavy atom. The topological polar surface area (TPSA) is 47.8 Å². The monoisotopic (exact) mass is 285 g/mol. The number of thioether (sulfide) groups is 1. The van der Waals surface area contributed by atoms with Crippen molar-refractivity contribution < 1.29 is 8.60 Å². The first-order valence-corrected chi connectivity index (χ1v) is 7.81. The maximum absolute atomic E-state index is 12.7. The van der Waals surface area contributed by atoms with Gasteiger partial charge in [-0.25, -0.2) is 4.39 Å². The molecule has 96 valence electrons. The lowest BCUT2D eigenvalue weighted by Crippen LogP contribution is -2.05. The van der Waals surface area contributed by atoms with Crippen LogP contribution < -0.4 is 0 Å². The van der Waals surface area contributed by atoms with Gasteiger partial charge in [0.25, 0.3) is 0 Å². The maximum atomic E-state index is 12.7. The summed E-state index contributed by atoms with van der Waals surface area (Å²) < 4.78 is 25.8. The van der Waals surface area contributed by atoms with Crippen LogP contribution in [0.4, 0.5) is 4.39 Å². The van der Waals surface area contributed by atoms with Crippen LogP contribution in [0.25, 0.3) is 0 Å². The zero-order chi connectivity index (χ0) is 13.0. The SMILES string of the molecule is CS(=O)c1nncn1CCSc1ccc(F)cc1. The summed E-state index contributed by atoms with van der Waals surface area (Å²) in [5.74, 6) is 0.551. The highest BCUT2D eigenvalue weighted by Crippen LogP contribution is 2.18. The molecular weight excluding hydrogens is 273 g/mol. The molecule has 7 heteroatoms. The summed E-state index contributed by atoms with van der Waals surface area (Å²) >= 11 is 1.61. The molecule has 1 aromatic carbocycles. The molecular formula is C11H12FN3OS2. The van der Waals surface area contributed by atoms with Gasteiger partial charge >= 0.3 is 0 Å². The van der Waals surface area contributed by atoms with E-state index in [0.29, 0.717) is 11.7 Å². The molecule has 0 saturated carbocycles. The molecule has 0 aliphatic carbocycles. The molecule has 0 aliphatic rings. The minimum absolute atomic E-state index is 0.234. The highest BCUT2D eigenvalue weighted by Gasteiger charge is 2.07. The number of halogens is 1. The fourth-order valence-electron chi connectivity index (χ4n) is 1.41. The first kappa shape index (κ1) is 13.2. The molecule has 1 aromatic heterocycles. The maximum Gasteiger partial charge on any atom is 0.221 e. The van der Waals surface area contributed by atoms with Gasteiger partial charge in [0.15, 0.2) is 0 Å². The van der Waals surface area contributed by atoms with Gasteiger partial charge in [0.2, 0.25) is 5.16 Å². The van der Waals surface area contributed by atoms with E-state index in [1.165, 1.54) is 12.1 Å². The van der Waals surface area contributed by atoms with Crippen LogP contribution in [0.2, 0.25) is 0 Å². The van der Waals surface area contributed by atoms with Gasteiger partial charge in [-0.1, -0.05) is 0 Å². The van der Waals surface area contributed by atoms with Gasteiger partial charge in [-0.15, -0.1) is 22.0 Å². The van der Waals surface area contributed by atoms with E-state index in [1.54, 1.807) is 41.0 Å². The van der Waals surface area contributed by atoms with Crippen molar-refractivity contribution >= 4 is 22.6 Å². The second-order valence-electron chi connectivity index (χ2n) is 3.56. The highest BCUT2D eigenvalue weighted by molar-refractivity contribution is 7.99. The van der Waals surface area contributed by atoms with Crippen LogP contribution in [-0.2, 0) is 17.3 Å². The molecule has 0 aliphatic heterocycles. The lowest BCUT2D eigenvalue weighted by atomic mass is 10.4. The second-order valence-corrected chi connectivity index (χ2v) is 6.01. The van der Waals surface area contributed by atoms with E-state index in [2.05, 4.69) is 10.2 Å². The van der Waals surface area contributed by atoms with Crippen LogP contribution in [0.1, 0.15) is 0 Å². The van der Waals surface area contributed by atoms with E-state index in [9.17, 15) is 8.60 Å². The third-order valence-corrected chi connectivity index (χ3v) is 4.07. The average molecular weight is 285 g/mol. The number of rotatable bonds is 5. The molecule has 1 unspecified atom stereocenters. The molecule has 0 saturated heterocycles. The van der Waals surface area contributed by atoms with Crippen LogP contribution in [0, 0.1) is 5.82 Å². The number of aromatic nitrogens is 3. The first-order valence-electron chi connectivity index (χ1n) is 5.26. The molecule has 0 N–H and O–H groups in total. The van der Waals surface area contributed by atoms with Crippen molar-refractivity contribution in [3.8, 4) is 0 Å². The molecule has 0 bridgehead atoms. The standard InChI is InChI=1S/C11H12FN3OS2/c1-18(16)11-14-13-8-15(11)6-7-17-10-4-2-9(12)3-5-10/h2-5,8H,6-7H2,1H3. The fourth-order valence-corrected chi connectivity index (χ4v) is 2.90. The molecule has 0 spiro atoms. The second kappa shape index (κ2) is 6.10. The highest BCUT2D eigenvalue weighted by atomic mass is 32.2. The molecule has 0 radical (unpaired) electrons. The fraction of sp³-hybridized carbons (Fsp3) is 0.273. The Morgan fingerprint density at radius 3 is 2.78 bits per heavy atom. The summed E-state index contributed by atoms with van der Waals surface area (Å²) in [6.07, 6.45) is 3.15. The predicted molar refractivity (Wildman–Crippen MR) is 69.5 cm³/mol. The van der Waals surface area contributed by atoms with Crippen molar-refractivity contribution in [3.05, 3.63) is 36.4 Å².